The summed E-state index contributed by atoms with van der Waals surface area (Å²) < 4.78 is 4.92. The Bertz CT molecular complexity index is 478. The lowest BCUT2D eigenvalue weighted by atomic mass is 9.89. The summed E-state index contributed by atoms with van der Waals surface area (Å²) in [6.07, 6.45) is 4.18. The van der Waals surface area contributed by atoms with Gasteiger partial charge in [0.05, 0.1) is 12.7 Å². The molecule has 1 rings (SSSR count). The number of methoxy groups -OCH3 is 1. The lowest BCUT2D eigenvalue weighted by Crippen LogP contribution is -2.14. The Labute approximate surface area is 116 Å². The second-order valence-electron chi connectivity index (χ2n) is 5.09. The molecule has 0 aromatic heterocycles. The summed E-state index contributed by atoms with van der Waals surface area (Å²) in [6, 6.07) is 0. The van der Waals surface area contributed by atoms with E-state index in [1.165, 1.54) is 7.11 Å². The highest BCUT2D eigenvalue weighted by Gasteiger charge is 2.21. The molecule has 3 nitrogen and oxygen atoms in total. The van der Waals surface area contributed by atoms with Crippen LogP contribution in [0, 0.1) is 20.8 Å². The zero-order valence-corrected chi connectivity index (χ0v) is 12.7. The van der Waals surface area contributed by atoms with Gasteiger partial charge in [-0.25, -0.2) is 4.79 Å². The Kier molecular flexibility index (Phi) is 5.40. The first kappa shape index (κ1) is 15.5. The third-order valence-corrected chi connectivity index (χ3v) is 3.95. The highest BCUT2D eigenvalue weighted by atomic mass is 16.5. The van der Waals surface area contributed by atoms with Gasteiger partial charge < -0.3 is 10.5 Å². The van der Waals surface area contributed by atoms with Gasteiger partial charge in [-0.2, -0.15) is 0 Å². The number of esters is 1. The Balaban J connectivity index is 3.35. The molecule has 19 heavy (non-hydrogen) atoms. The van der Waals surface area contributed by atoms with Crippen molar-refractivity contribution in [3.63, 3.8) is 0 Å². The number of nitrogens with two attached hydrogens (primary N) is 1. The predicted octanol–water partition coefficient (Wildman–Crippen LogP) is 3.71. The molecule has 0 fully saturated rings. The molecule has 0 aliphatic carbocycles. The van der Waals surface area contributed by atoms with Gasteiger partial charge in [-0.05, 0) is 55.9 Å². The molecule has 0 heterocycles. The van der Waals surface area contributed by atoms with Gasteiger partial charge in [-0.15, -0.1) is 0 Å². The smallest absolute Gasteiger partial charge is 0.338 e. The minimum Gasteiger partial charge on any atom is -0.465 e. The molecule has 0 aliphatic rings. The van der Waals surface area contributed by atoms with E-state index in [4.69, 9.17) is 10.5 Å². The lowest BCUT2D eigenvalue weighted by Gasteiger charge is -2.19. The van der Waals surface area contributed by atoms with E-state index in [0.29, 0.717) is 5.56 Å². The second kappa shape index (κ2) is 6.60. The zero-order chi connectivity index (χ0) is 14.6. The summed E-state index contributed by atoms with van der Waals surface area (Å²) >= 11 is 0. The number of anilines is 1. The number of carbonyl (C=O) groups is 1. The highest BCUT2D eigenvalue weighted by Crippen LogP contribution is 2.31. The maximum absolute atomic E-state index is 12.0. The molecule has 0 radical (unpaired) electrons. The third-order valence-electron chi connectivity index (χ3n) is 3.95. The van der Waals surface area contributed by atoms with Gasteiger partial charge in [0.2, 0.25) is 0 Å². The fourth-order valence-electron chi connectivity index (χ4n) is 2.45. The van der Waals surface area contributed by atoms with Crippen molar-refractivity contribution in [1.82, 2.24) is 0 Å². The molecule has 106 valence electrons. The molecule has 1 aromatic rings. The van der Waals surface area contributed by atoms with Gasteiger partial charge in [-0.3, -0.25) is 0 Å². The number of unbranched alkanes of at least 4 members (excludes halogenated alkanes) is 2. The van der Waals surface area contributed by atoms with Crippen LogP contribution >= 0.6 is 0 Å². The number of rotatable bonds is 5. The van der Waals surface area contributed by atoms with E-state index >= 15 is 0 Å². The molecule has 0 spiro atoms. The van der Waals surface area contributed by atoms with Gasteiger partial charge >= 0.3 is 5.97 Å². The molecule has 0 unspecified atom stereocenters. The Morgan fingerprint density at radius 2 is 1.74 bits per heavy atom. The van der Waals surface area contributed by atoms with Crippen LogP contribution in [0.4, 0.5) is 5.69 Å². The molecule has 0 saturated heterocycles. The molecule has 0 bridgehead atoms. The largest absolute Gasteiger partial charge is 0.465 e. The lowest BCUT2D eigenvalue weighted by molar-refractivity contribution is 0.0598. The maximum atomic E-state index is 12.0. The van der Waals surface area contributed by atoms with Crippen LogP contribution in [0.25, 0.3) is 0 Å². The zero-order valence-electron chi connectivity index (χ0n) is 12.7. The van der Waals surface area contributed by atoms with Crippen LogP contribution in [-0.2, 0) is 11.2 Å². The van der Waals surface area contributed by atoms with Crippen molar-refractivity contribution < 1.29 is 9.53 Å². The van der Waals surface area contributed by atoms with Crippen molar-refractivity contribution in [1.29, 1.82) is 0 Å². The first-order chi connectivity index (χ1) is 8.95. The standard InChI is InChI=1S/C16H25NO2/c1-6-7-8-9-13-14(16(18)19-5)11(3)10(2)12(4)15(13)17/h6-9,17H2,1-5H3. The van der Waals surface area contributed by atoms with Crippen molar-refractivity contribution in [3.05, 3.63) is 27.8 Å². The third kappa shape index (κ3) is 3.09. The van der Waals surface area contributed by atoms with Gasteiger partial charge in [0, 0.05) is 5.69 Å². The van der Waals surface area contributed by atoms with Crippen molar-refractivity contribution in [2.45, 2.75) is 53.4 Å². The number of benzene rings is 1. The Morgan fingerprint density at radius 1 is 1.11 bits per heavy atom. The molecule has 1 aromatic carbocycles. The predicted molar refractivity (Wildman–Crippen MR) is 79.6 cm³/mol. The van der Waals surface area contributed by atoms with Gasteiger partial charge in [0.25, 0.3) is 0 Å². The van der Waals surface area contributed by atoms with Crippen LogP contribution in [0.1, 0.15) is 58.8 Å². The number of ether oxygens (including phenoxy) is 1. The van der Waals surface area contributed by atoms with E-state index < -0.39 is 0 Å². The number of hydrogen-bond donors (Lipinski definition) is 1. The van der Waals surface area contributed by atoms with Crippen LogP contribution < -0.4 is 5.73 Å². The monoisotopic (exact) mass is 263 g/mol. The molecule has 2 N–H and O–H groups in total. The topological polar surface area (TPSA) is 52.3 Å². The average Bonchev–Trinajstić information content (AvgIpc) is 2.41. The normalized spacial score (nSPS) is 10.6. The van der Waals surface area contributed by atoms with Crippen LogP contribution in [-0.4, -0.2) is 13.1 Å². The molecular weight excluding hydrogens is 238 g/mol. The quantitative estimate of drug-likeness (QED) is 0.500. The van der Waals surface area contributed by atoms with Crippen LogP contribution in [0.5, 0.6) is 0 Å². The van der Waals surface area contributed by atoms with E-state index in [9.17, 15) is 4.79 Å². The summed E-state index contributed by atoms with van der Waals surface area (Å²) in [7, 11) is 1.42. The van der Waals surface area contributed by atoms with Crippen molar-refractivity contribution in [2.24, 2.45) is 0 Å². The second-order valence-corrected chi connectivity index (χ2v) is 5.09. The van der Waals surface area contributed by atoms with E-state index in [1.807, 2.05) is 20.8 Å². The summed E-state index contributed by atoms with van der Waals surface area (Å²) in [5.74, 6) is -0.279. The van der Waals surface area contributed by atoms with Gasteiger partial charge in [0.1, 0.15) is 0 Å². The molecule has 0 saturated carbocycles. The molecular formula is C16H25NO2. The highest BCUT2D eigenvalue weighted by molar-refractivity contribution is 5.95. The van der Waals surface area contributed by atoms with E-state index in [1.54, 1.807) is 0 Å². The summed E-state index contributed by atoms with van der Waals surface area (Å²) in [4.78, 5) is 12.0. The average molecular weight is 263 g/mol. The molecule has 0 amide bonds. The Hall–Kier alpha value is -1.51. The fraction of sp³-hybridized carbons (Fsp3) is 0.562. The van der Waals surface area contributed by atoms with Gasteiger partial charge in [0.15, 0.2) is 0 Å². The Morgan fingerprint density at radius 3 is 2.26 bits per heavy atom. The fourth-order valence-corrected chi connectivity index (χ4v) is 2.45. The molecule has 3 heteroatoms. The first-order valence-corrected chi connectivity index (χ1v) is 6.92. The van der Waals surface area contributed by atoms with E-state index in [2.05, 4.69) is 6.92 Å². The summed E-state index contributed by atoms with van der Waals surface area (Å²) in [5, 5.41) is 0. The van der Waals surface area contributed by atoms with Crippen molar-refractivity contribution in [2.75, 3.05) is 12.8 Å². The molecule has 0 atom stereocenters. The first-order valence-electron chi connectivity index (χ1n) is 6.92. The number of hydrogen-bond acceptors (Lipinski definition) is 3. The summed E-state index contributed by atoms with van der Waals surface area (Å²) in [5.41, 5.74) is 11.7. The maximum Gasteiger partial charge on any atom is 0.338 e. The van der Waals surface area contributed by atoms with E-state index in [0.717, 1.165) is 53.6 Å². The minimum absolute atomic E-state index is 0.279. The van der Waals surface area contributed by atoms with Crippen LogP contribution in [0.15, 0.2) is 0 Å². The summed E-state index contributed by atoms with van der Waals surface area (Å²) in [6.45, 7) is 8.15. The van der Waals surface area contributed by atoms with Crippen LogP contribution in [0.2, 0.25) is 0 Å². The molecule has 0 aliphatic heterocycles. The minimum atomic E-state index is -0.279. The number of nitrogen functional groups attached to an aromatic ring is 1. The van der Waals surface area contributed by atoms with Crippen LogP contribution in [0.3, 0.4) is 0 Å². The SMILES string of the molecule is CCCCCc1c(N)c(C)c(C)c(C)c1C(=O)OC. The van der Waals surface area contributed by atoms with Gasteiger partial charge in [-0.1, -0.05) is 19.8 Å². The number of carbonyl (C=O) groups excluding carboxylic acids is 1. The van der Waals surface area contributed by atoms with Crippen molar-refractivity contribution in [3.8, 4) is 0 Å². The van der Waals surface area contributed by atoms with E-state index in [-0.39, 0.29) is 5.97 Å². The van der Waals surface area contributed by atoms with Crippen molar-refractivity contribution >= 4 is 11.7 Å².